The Morgan fingerprint density at radius 2 is 1.82 bits per heavy atom. The fourth-order valence-corrected chi connectivity index (χ4v) is 1.66. The highest BCUT2D eigenvalue weighted by Crippen LogP contribution is 2.23. The second-order valence-electron chi connectivity index (χ2n) is 4.08. The first-order valence-electron chi connectivity index (χ1n) is 5.42. The second kappa shape index (κ2) is 4.82. The van der Waals surface area contributed by atoms with Gasteiger partial charge in [-0.1, -0.05) is 17.7 Å². The van der Waals surface area contributed by atoms with Crippen LogP contribution in [0.15, 0.2) is 30.6 Å². The van der Waals surface area contributed by atoms with Crippen LogP contribution in [-0.2, 0) is 0 Å². The van der Waals surface area contributed by atoms with Crippen molar-refractivity contribution in [2.45, 2.75) is 19.9 Å². The Hall–Kier alpha value is -1.45. The van der Waals surface area contributed by atoms with Gasteiger partial charge in [-0.3, -0.25) is 0 Å². The van der Waals surface area contributed by atoms with Gasteiger partial charge in [-0.2, -0.15) is 0 Å². The standard InChI is InChI=1S/C13H14ClN3/c1-8-5-10(3-4-12(8)14)11-6-16-13(9(2)15)17-7-11/h3-7,9H,15H2,1-2H3. The van der Waals surface area contributed by atoms with Crippen molar-refractivity contribution in [3.63, 3.8) is 0 Å². The third-order valence-electron chi connectivity index (χ3n) is 2.57. The number of rotatable bonds is 2. The van der Waals surface area contributed by atoms with Crippen molar-refractivity contribution in [1.29, 1.82) is 0 Å². The van der Waals surface area contributed by atoms with E-state index < -0.39 is 0 Å². The number of hydrogen-bond acceptors (Lipinski definition) is 3. The lowest BCUT2D eigenvalue weighted by molar-refractivity contribution is 0.739. The molecular weight excluding hydrogens is 234 g/mol. The number of benzene rings is 1. The fraction of sp³-hybridized carbons (Fsp3) is 0.231. The number of aromatic nitrogens is 2. The summed E-state index contributed by atoms with van der Waals surface area (Å²) in [5, 5.41) is 0.766. The minimum Gasteiger partial charge on any atom is -0.322 e. The highest BCUT2D eigenvalue weighted by atomic mass is 35.5. The zero-order valence-electron chi connectivity index (χ0n) is 9.81. The number of hydrogen-bond donors (Lipinski definition) is 1. The minimum atomic E-state index is -0.143. The molecule has 0 bridgehead atoms. The molecule has 2 rings (SSSR count). The third kappa shape index (κ3) is 2.62. The maximum absolute atomic E-state index is 5.99. The predicted octanol–water partition coefficient (Wildman–Crippen LogP) is 3.13. The normalized spacial score (nSPS) is 12.5. The van der Waals surface area contributed by atoms with E-state index in [0.29, 0.717) is 5.82 Å². The first kappa shape index (κ1) is 12.0. The van der Waals surface area contributed by atoms with Crippen LogP contribution in [0.4, 0.5) is 0 Å². The molecule has 17 heavy (non-hydrogen) atoms. The Morgan fingerprint density at radius 3 is 2.35 bits per heavy atom. The van der Waals surface area contributed by atoms with Crippen LogP contribution in [-0.4, -0.2) is 9.97 Å². The molecule has 2 aromatic rings. The predicted molar refractivity (Wildman–Crippen MR) is 69.8 cm³/mol. The summed E-state index contributed by atoms with van der Waals surface area (Å²) in [4.78, 5) is 8.48. The van der Waals surface area contributed by atoms with Crippen molar-refractivity contribution < 1.29 is 0 Å². The van der Waals surface area contributed by atoms with Crippen molar-refractivity contribution in [3.05, 3.63) is 47.0 Å². The number of nitrogens with two attached hydrogens (primary N) is 1. The van der Waals surface area contributed by atoms with E-state index in [4.69, 9.17) is 17.3 Å². The molecule has 0 saturated carbocycles. The highest BCUT2D eigenvalue weighted by Gasteiger charge is 2.05. The molecule has 3 nitrogen and oxygen atoms in total. The van der Waals surface area contributed by atoms with Gasteiger partial charge in [-0.15, -0.1) is 0 Å². The van der Waals surface area contributed by atoms with E-state index in [1.807, 2.05) is 32.0 Å². The molecule has 2 N–H and O–H groups in total. The average molecular weight is 248 g/mol. The Kier molecular flexibility index (Phi) is 3.41. The fourth-order valence-electron chi connectivity index (χ4n) is 1.55. The van der Waals surface area contributed by atoms with Crippen LogP contribution >= 0.6 is 11.6 Å². The molecule has 88 valence electrons. The van der Waals surface area contributed by atoms with Crippen molar-refractivity contribution >= 4 is 11.6 Å². The zero-order chi connectivity index (χ0) is 12.4. The zero-order valence-corrected chi connectivity index (χ0v) is 10.6. The van der Waals surface area contributed by atoms with Crippen molar-refractivity contribution in [3.8, 4) is 11.1 Å². The first-order chi connectivity index (χ1) is 8.08. The lowest BCUT2D eigenvalue weighted by Crippen LogP contribution is -2.09. The Labute approximate surface area is 106 Å². The van der Waals surface area contributed by atoms with Crippen molar-refractivity contribution in [2.75, 3.05) is 0 Å². The molecule has 0 aliphatic rings. The van der Waals surface area contributed by atoms with Gasteiger partial charge < -0.3 is 5.73 Å². The summed E-state index contributed by atoms with van der Waals surface area (Å²) >= 11 is 5.99. The van der Waals surface area contributed by atoms with Crippen LogP contribution in [0.3, 0.4) is 0 Å². The topological polar surface area (TPSA) is 51.8 Å². The van der Waals surface area contributed by atoms with Crippen molar-refractivity contribution in [2.24, 2.45) is 5.73 Å². The van der Waals surface area contributed by atoms with Crippen LogP contribution in [0.25, 0.3) is 11.1 Å². The average Bonchev–Trinajstić information content (AvgIpc) is 2.33. The molecule has 1 aromatic carbocycles. The smallest absolute Gasteiger partial charge is 0.144 e. The van der Waals surface area contributed by atoms with Gasteiger partial charge in [0.2, 0.25) is 0 Å². The quantitative estimate of drug-likeness (QED) is 0.887. The molecule has 0 spiro atoms. The van der Waals surface area contributed by atoms with E-state index in [0.717, 1.165) is 21.7 Å². The highest BCUT2D eigenvalue weighted by molar-refractivity contribution is 6.31. The van der Waals surface area contributed by atoms with Gasteiger partial charge in [-0.05, 0) is 37.1 Å². The number of aryl methyl sites for hydroxylation is 1. The van der Waals surface area contributed by atoms with Gasteiger partial charge in [0.25, 0.3) is 0 Å². The molecular formula is C13H14ClN3. The minimum absolute atomic E-state index is 0.143. The van der Waals surface area contributed by atoms with Crippen molar-refractivity contribution in [1.82, 2.24) is 9.97 Å². The van der Waals surface area contributed by atoms with Gasteiger partial charge in [-0.25, -0.2) is 9.97 Å². The van der Waals surface area contributed by atoms with Crippen LogP contribution in [0.2, 0.25) is 5.02 Å². The number of nitrogens with zero attached hydrogens (tertiary/aromatic N) is 2. The summed E-state index contributed by atoms with van der Waals surface area (Å²) in [7, 11) is 0. The molecule has 0 radical (unpaired) electrons. The largest absolute Gasteiger partial charge is 0.322 e. The molecule has 1 unspecified atom stereocenters. The van der Waals surface area contributed by atoms with Gasteiger partial charge in [0.1, 0.15) is 5.82 Å². The van der Waals surface area contributed by atoms with E-state index in [1.54, 1.807) is 12.4 Å². The van der Waals surface area contributed by atoms with E-state index >= 15 is 0 Å². The summed E-state index contributed by atoms with van der Waals surface area (Å²) < 4.78 is 0. The first-order valence-corrected chi connectivity index (χ1v) is 5.80. The lowest BCUT2D eigenvalue weighted by Gasteiger charge is -2.06. The van der Waals surface area contributed by atoms with Gasteiger partial charge in [0.15, 0.2) is 0 Å². The summed E-state index contributed by atoms with van der Waals surface area (Å²) in [6, 6.07) is 5.72. The maximum Gasteiger partial charge on any atom is 0.144 e. The Bertz CT molecular complexity index is 521. The molecule has 0 fully saturated rings. The van der Waals surface area contributed by atoms with Gasteiger partial charge >= 0.3 is 0 Å². The Balaban J connectivity index is 2.36. The summed E-state index contributed by atoms with van der Waals surface area (Å²) in [6.45, 7) is 3.84. The molecule has 1 heterocycles. The third-order valence-corrected chi connectivity index (χ3v) is 2.99. The van der Waals surface area contributed by atoms with E-state index in [1.165, 1.54) is 0 Å². The summed E-state index contributed by atoms with van der Waals surface area (Å²) in [5.41, 5.74) is 8.77. The van der Waals surface area contributed by atoms with Crippen LogP contribution in [0.5, 0.6) is 0 Å². The maximum atomic E-state index is 5.99. The van der Waals surface area contributed by atoms with Crippen LogP contribution < -0.4 is 5.73 Å². The van der Waals surface area contributed by atoms with Crippen LogP contribution in [0, 0.1) is 6.92 Å². The van der Waals surface area contributed by atoms with Gasteiger partial charge in [0.05, 0.1) is 6.04 Å². The van der Waals surface area contributed by atoms with E-state index in [9.17, 15) is 0 Å². The SMILES string of the molecule is Cc1cc(-c2cnc(C(C)N)nc2)ccc1Cl. The molecule has 0 aliphatic carbocycles. The van der Waals surface area contributed by atoms with E-state index in [-0.39, 0.29) is 6.04 Å². The molecule has 1 aromatic heterocycles. The summed E-state index contributed by atoms with van der Waals surface area (Å²) in [6.07, 6.45) is 3.57. The molecule has 1 atom stereocenters. The van der Waals surface area contributed by atoms with E-state index in [2.05, 4.69) is 9.97 Å². The molecule has 0 amide bonds. The van der Waals surface area contributed by atoms with Crippen LogP contribution in [0.1, 0.15) is 24.4 Å². The van der Waals surface area contributed by atoms with Gasteiger partial charge in [0, 0.05) is 23.0 Å². The molecule has 0 saturated heterocycles. The summed E-state index contributed by atoms with van der Waals surface area (Å²) in [5.74, 6) is 0.652. The second-order valence-corrected chi connectivity index (χ2v) is 4.49. The monoisotopic (exact) mass is 247 g/mol. The molecule has 4 heteroatoms. The number of halogens is 1. The molecule has 0 aliphatic heterocycles. The lowest BCUT2D eigenvalue weighted by atomic mass is 10.1. The Morgan fingerprint density at radius 1 is 1.18 bits per heavy atom.